The summed E-state index contributed by atoms with van der Waals surface area (Å²) in [4.78, 5) is 20.9. The Morgan fingerprint density at radius 1 is 1.24 bits per heavy atom. The highest BCUT2D eigenvalue weighted by molar-refractivity contribution is 7.93. The number of nitrogens with one attached hydrogen (secondary N) is 1. The standard InChI is InChI=1S/C21H22F2N4O5S/c1-20(2)19(24)27-21(3,10-33(20,29)30)12-6-11(4-5-13(12)22)26-18(28)14-7-15-16(8-25-14)32-17(23)9-31-15/h4-8,17H,9-10H2,1-3H3,(H2,24,27)(H,26,28)/t17?,21-/m0/s1. The number of fused-ring (bicyclic) bond motifs is 1. The molecular weight excluding hydrogens is 458 g/mol. The van der Waals surface area contributed by atoms with Crippen LogP contribution in [-0.2, 0) is 15.4 Å². The van der Waals surface area contributed by atoms with Gasteiger partial charge in [-0.05, 0) is 39.0 Å². The Balaban J connectivity index is 1.63. The molecule has 1 amide bonds. The first kappa shape index (κ1) is 22.9. The van der Waals surface area contributed by atoms with E-state index in [1.807, 2.05) is 0 Å². The van der Waals surface area contributed by atoms with E-state index in [9.17, 15) is 22.0 Å². The normalized spacial score (nSPS) is 25.1. The van der Waals surface area contributed by atoms with Crippen LogP contribution in [0.2, 0.25) is 0 Å². The highest BCUT2D eigenvalue weighted by Crippen LogP contribution is 2.38. The average molecular weight is 480 g/mol. The van der Waals surface area contributed by atoms with Gasteiger partial charge in [-0.25, -0.2) is 17.8 Å². The van der Waals surface area contributed by atoms with Gasteiger partial charge < -0.3 is 20.5 Å². The third-order valence-corrected chi connectivity index (χ3v) is 8.43. The number of aliphatic imine (C=N–C) groups is 1. The van der Waals surface area contributed by atoms with E-state index in [2.05, 4.69) is 15.3 Å². The van der Waals surface area contributed by atoms with Gasteiger partial charge >= 0.3 is 0 Å². The Kier molecular flexibility index (Phi) is 5.31. The van der Waals surface area contributed by atoms with Crippen LogP contribution in [0, 0.1) is 5.82 Å². The molecule has 1 aromatic heterocycles. The molecule has 0 spiro atoms. The van der Waals surface area contributed by atoms with Crippen LogP contribution in [0.3, 0.4) is 0 Å². The van der Waals surface area contributed by atoms with E-state index in [0.717, 1.165) is 6.07 Å². The van der Waals surface area contributed by atoms with Crippen LogP contribution in [0.4, 0.5) is 14.5 Å². The second-order valence-electron chi connectivity index (χ2n) is 8.54. The number of anilines is 1. The maximum Gasteiger partial charge on any atom is 0.274 e. The average Bonchev–Trinajstić information content (AvgIpc) is 2.73. The predicted molar refractivity (Wildman–Crippen MR) is 116 cm³/mol. The number of hydrogen-bond acceptors (Lipinski definition) is 8. The van der Waals surface area contributed by atoms with Gasteiger partial charge in [0.1, 0.15) is 27.6 Å². The van der Waals surface area contributed by atoms with E-state index in [0.29, 0.717) is 0 Å². The molecule has 2 aliphatic heterocycles. The van der Waals surface area contributed by atoms with Crippen LogP contribution in [0.15, 0.2) is 35.5 Å². The molecule has 0 fully saturated rings. The second-order valence-corrected chi connectivity index (χ2v) is 11.1. The van der Waals surface area contributed by atoms with Gasteiger partial charge in [-0.3, -0.25) is 9.79 Å². The minimum absolute atomic E-state index is 0.0357. The summed E-state index contributed by atoms with van der Waals surface area (Å²) in [6.07, 6.45) is -0.456. The Morgan fingerprint density at radius 3 is 2.67 bits per heavy atom. The van der Waals surface area contributed by atoms with Crippen LogP contribution in [0.1, 0.15) is 36.8 Å². The van der Waals surface area contributed by atoms with Crippen molar-refractivity contribution < 1.29 is 31.5 Å². The third-order valence-electron chi connectivity index (χ3n) is 5.73. The molecule has 1 aromatic carbocycles. The lowest BCUT2D eigenvalue weighted by Gasteiger charge is -2.38. The summed E-state index contributed by atoms with van der Waals surface area (Å²) in [6.45, 7) is 4.04. The third kappa shape index (κ3) is 3.99. The number of carbonyl (C=O) groups is 1. The van der Waals surface area contributed by atoms with Crippen molar-refractivity contribution >= 4 is 27.3 Å². The van der Waals surface area contributed by atoms with E-state index in [-0.39, 0.29) is 40.9 Å². The molecule has 33 heavy (non-hydrogen) atoms. The molecule has 3 N–H and O–H groups in total. The van der Waals surface area contributed by atoms with Gasteiger partial charge in [0, 0.05) is 17.3 Å². The number of aromatic nitrogens is 1. The van der Waals surface area contributed by atoms with Crippen LogP contribution in [0.5, 0.6) is 11.5 Å². The molecule has 0 bridgehead atoms. The van der Waals surface area contributed by atoms with E-state index >= 15 is 0 Å². The number of amidine groups is 1. The highest BCUT2D eigenvalue weighted by Gasteiger charge is 2.49. The van der Waals surface area contributed by atoms with E-state index in [1.165, 1.54) is 45.2 Å². The van der Waals surface area contributed by atoms with Gasteiger partial charge in [-0.1, -0.05) is 0 Å². The van der Waals surface area contributed by atoms with Crippen molar-refractivity contribution in [3.63, 3.8) is 0 Å². The van der Waals surface area contributed by atoms with E-state index in [1.54, 1.807) is 0 Å². The van der Waals surface area contributed by atoms with Crippen LogP contribution < -0.4 is 20.5 Å². The van der Waals surface area contributed by atoms with Gasteiger partial charge in [0.15, 0.2) is 27.9 Å². The maximum absolute atomic E-state index is 14.8. The molecule has 12 heteroatoms. The largest absolute Gasteiger partial charge is 0.483 e. The summed E-state index contributed by atoms with van der Waals surface area (Å²) < 4.78 is 62.3. The van der Waals surface area contributed by atoms with Crippen molar-refractivity contribution in [1.29, 1.82) is 0 Å². The lowest BCUT2D eigenvalue weighted by Crippen LogP contribution is -2.55. The lowest BCUT2D eigenvalue weighted by atomic mass is 9.92. The summed E-state index contributed by atoms with van der Waals surface area (Å²) in [6, 6.07) is 5.03. The second kappa shape index (κ2) is 7.65. The monoisotopic (exact) mass is 480 g/mol. The molecule has 0 radical (unpaired) electrons. The molecule has 0 aliphatic carbocycles. The van der Waals surface area contributed by atoms with Crippen molar-refractivity contribution in [1.82, 2.24) is 4.98 Å². The minimum Gasteiger partial charge on any atom is -0.483 e. The van der Waals surface area contributed by atoms with Gasteiger partial charge in [0.05, 0.1) is 11.9 Å². The summed E-state index contributed by atoms with van der Waals surface area (Å²) in [5, 5.41) is 2.58. The number of halogens is 2. The SMILES string of the molecule is CC1(C)C(N)=N[C@](C)(c2cc(NC(=O)c3cc4c(cn3)OC(F)CO4)ccc2F)CS1(=O)=O. The van der Waals surface area contributed by atoms with Gasteiger partial charge in [-0.2, -0.15) is 4.39 Å². The Hall–Kier alpha value is -3.28. The minimum atomic E-state index is -3.75. The summed E-state index contributed by atoms with van der Waals surface area (Å²) in [7, 11) is -3.75. The van der Waals surface area contributed by atoms with Crippen molar-refractivity contribution in [2.75, 3.05) is 17.7 Å². The Bertz CT molecular complexity index is 1280. The number of ether oxygens (including phenoxy) is 2. The molecular formula is C21H22F2N4O5S. The fourth-order valence-electron chi connectivity index (χ4n) is 3.57. The highest BCUT2D eigenvalue weighted by atomic mass is 32.2. The molecule has 4 rings (SSSR count). The van der Waals surface area contributed by atoms with E-state index < -0.39 is 44.0 Å². The zero-order valence-corrected chi connectivity index (χ0v) is 18.9. The van der Waals surface area contributed by atoms with E-state index in [4.69, 9.17) is 15.2 Å². The molecule has 3 heterocycles. The molecule has 2 aliphatic rings. The topological polar surface area (TPSA) is 133 Å². The van der Waals surface area contributed by atoms with Crippen molar-refractivity contribution in [2.24, 2.45) is 10.7 Å². The number of nitrogens with zero attached hydrogens (tertiary/aromatic N) is 2. The first-order chi connectivity index (χ1) is 15.3. The van der Waals surface area contributed by atoms with Gasteiger partial charge in [0.25, 0.3) is 12.3 Å². The zero-order chi connectivity index (χ0) is 24.2. The van der Waals surface area contributed by atoms with Crippen molar-refractivity contribution in [2.45, 2.75) is 37.4 Å². The summed E-state index contributed by atoms with van der Waals surface area (Å²) in [5.41, 5.74) is 4.56. The zero-order valence-electron chi connectivity index (χ0n) is 18.1. The van der Waals surface area contributed by atoms with Gasteiger partial charge in [0.2, 0.25) is 0 Å². The van der Waals surface area contributed by atoms with Crippen molar-refractivity contribution in [3.05, 3.63) is 47.5 Å². The summed E-state index contributed by atoms with van der Waals surface area (Å²) >= 11 is 0. The number of pyridine rings is 1. The Morgan fingerprint density at radius 2 is 1.97 bits per heavy atom. The lowest BCUT2D eigenvalue weighted by molar-refractivity contribution is -0.00336. The quantitative estimate of drug-likeness (QED) is 0.689. The first-order valence-corrected chi connectivity index (χ1v) is 11.6. The van der Waals surface area contributed by atoms with Crippen LogP contribution in [0.25, 0.3) is 0 Å². The fraction of sp³-hybridized carbons (Fsp3) is 0.381. The number of nitrogens with two attached hydrogens (primary N) is 1. The molecule has 0 saturated heterocycles. The number of carbonyl (C=O) groups excluding carboxylic acids is 1. The molecule has 0 saturated carbocycles. The molecule has 2 atom stereocenters. The fourth-order valence-corrected chi connectivity index (χ4v) is 5.25. The number of benzene rings is 1. The van der Waals surface area contributed by atoms with Crippen molar-refractivity contribution in [3.8, 4) is 11.5 Å². The first-order valence-electron chi connectivity index (χ1n) is 9.95. The molecule has 2 aromatic rings. The molecule has 9 nitrogen and oxygen atoms in total. The molecule has 1 unspecified atom stereocenters. The number of rotatable bonds is 3. The predicted octanol–water partition coefficient (Wildman–Crippen LogP) is 2.32. The number of alkyl halides is 1. The number of sulfone groups is 1. The summed E-state index contributed by atoms with van der Waals surface area (Å²) in [5.74, 6) is -1.69. The van der Waals surface area contributed by atoms with Gasteiger partial charge in [-0.15, -0.1) is 0 Å². The Labute approximate surface area is 188 Å². The van der Waals surface area contributed by atoms with Crippen LogP contribution >= 0.6 is 0 Å². The van der Waals surface area contributed by atoms with Crippen LogP contribution in [-0.4, -0.2) is 48.6 Å². The maximum atomic E-state index is 14.8. The number of hydrogen-bond donors (Lipinski definition) is 2. The smallest absolute Gasteiger partial charge is 0.274 e. The number of amides is 1. The molecule has 176 valence electrons.